The predicted molar refractivity (Wildman–Crippen MR) is 94.5 cm³/mol. The van der Waals surface area contributed by atoms with Crippen molar-refractivity contribution in [3.63, 3.8) is 0 Å². The largest absolute Gasteiger partial charge is 0.450 e. The van der Waals surface area contributed by atoms with Crippen LogP contribution in [0.15, 0.2) is 36.7 Å². The topological polar surface area (TPSA) is 71.5 Å². The first kappa shape index (κ1) is 17.0. The van der Waals surface area contributed by atoms with E-state index in [1.54, 1.807) is 24.2 Å². The highest BCUT2D eigenvalue weighted by molar-refractivity contribution is 6.05. The zero-order valence-electron chi connectivity index (χ0n) is 14.4. The van der Waals surface area contributed by atoms with E-state index in [-0.39, 0.29) is 12.0 Å². The fourth-order valence-electron chi connectivity index (χ4n) is 2.96. The van der Waals surface area contributed by atoms with Crippen molar-refractivity contribution in [2.75, 3.05) is 18.5 Å². The maximum atomic E-state index is 12.7. The molecule has 0 fully saturated rings. The summed E-state index contributed by atoms with van der Waals surface area (Å²) < 4.78 is 5.05. The molecule has 0 radical (unpaired) electrons. The lowest BCUT2D eigenvalue weighted by Crippen LogP contribution is -2.37. The van der Waals surface area contributed by atoms with Crippen LogP contribution in [0.4, 0.5) is 10.5 Å². The molecule has 25 heavy (non-hydrogen) atoms. The molecule has 6 heteroatoms. The lowest BCUT2D eigenvalue weighted by atomic mass is 9.97. The highest BCUT2D eigenvalue weighted by atomic mass is 16.6. The molecule has 2 amide bonds. The van der Waals surface area contributed by atoms with E-state index in [2.05, 4.69) is 10.3 Å². The highest BCUT2D eigenvalue weighted by Crippen LogP contribution is 2.23. The third kappa shape index (κ3) is 3.63. The highest BCUT2D eigenvalue weighted by Gasteiger charge is 2.25. The third-order valence-corrected chi connectivity index (χ3v) is 4.30. The van der Waals surface area contributed by atoms with E-state index in [1.165, 1.54) is 0 Å². The SMILES string of the molecule is CCOC(=O)N1CCc2c(cncc2C(=O)Nc2ccccc2C)C1. The second kappa shape index (κ2) is 7.34. The molecule has 0 spiro atoms. The van der Waals surface area contributed by atoms with Crippen LogP contribution in [0.3, 0.4) is 0 Å². The number of hydrogen-bond donors (Lipinski definition) is 1. The van der Waals surface area contributed by atoms with E-state index in [0.29, 0.717) is 31.7 Å². The lowest BCUT2D eigenvalue weighted by molar-refractivity contribution is 0.101. The van der Waals surface area contributed by atoms with Crippen molar-refractivity contribution >= 4 is 17.7 Å². The van der Waals surface area contributed by atoms with Crippen molar-refractivity contribution in [3.05, 3.63) is 58.9 Å². The van der Waals surface area contributed by atoms with Crippen LogP contribution in [-0.4, -0.2) is 35.0 Å². The van der Waals surface area contributed by atoms with E-state index < -0.39 is 0 Å². The molecule has 0 saturated carbocycles. The smallest absolute Gasteiger partial charge is 0.410 e. The molecule has 1 aliphatic rings. The summed E-state index contributed by atoms with van der Waals surface area (Å²) in [6, 6.07) is 7.64. The van der Waals surface area contributed by atoms with Crippen molar-refractivity contribution in [2.45, 2.75) is 26.8 Å². The Hall–Kier alpha value is -2.89. The van der Waals surface area contributed by atoms with Gasteiger partial charge in [-0.25, -0.2) is 4.79 Å². The van der Waals surface area contributed by atoms with Crippen LogP contribution in [0, 0.1) is 6.92 Å². The summed E-state index contributed by atoms with van der Waals surface area (Å²) in [4.78, 5) is 30.4. The zero-order valence-corrected chi connectivity index (χ0v) is 14.4. The first-order valence-electron chi connectivity index (χ1n) is 8.34. The summed E-state index contributed by atoms with van der Waals surface area (Å²) in [7, 11) is 0. The van der Waals surface area contributed by atoms with E-state index in [4.69, 9.17) is 4.74 Å². The second-order valence-electron chi connectivity index (χ2n) is 5.96. The summed E-state index contributed by atoms with van der Waals surface area (Å²) in [5.41, 5.74) is 4.18. The first-order chi connectivity index (χ1) is 12.1. The minimum absolute atomic E-state index is 0.178. The minimum Gasteiger partial charge on any atom is -0.450 e. The number of anilines is 1. The van der Waals surface area contributed by atoms with Gasteiger partial charge in [-0.2, -0.15) is 0 Å². The molecular weight excluding hydrogens is 318 g/mol. The number of fused-ring (bicyclic) bond motifs is 1. The van der Waals surface area contributed by atoms with Gasteiger partial charge in [-0.1, -0.05) is 18.2 Å². The van der Waals surface area contributed by atoms with Gasteiger partial charge in [-0.3, -0.25) is 9.78 Å². The maximum absolute atomic E-state index is 12.7. The number of nitrogens with one attached hydrogen (secondary N) is 1. The normalized spacial score (nSPS) is 13.1. The van der Waals surface area contributed by atoms with Crippen LogP contribution in [-0.2, 0) is 17.7 Å². The number of nitrogens with zero attached hydrogens (tertiary/aromatic N) is 2. The molecule has 1 aromatic carbocycles. The van der Waals surface area contributed by atoms with Gasteiger partial charge < -0.3 is 15.0 Å². The van der Waals surface area contributed by atoms with Gasteiger partial charge in [0.05, 0.1) is 18.7 Å². The van der Waals surface area contributed by atoms with Gasteiger partial charge in [-0.15, -0.1) is 0 Å². The Morgan fingerprint density at radius 3 is 2.84 bits per heavy atom. The predicted octanol–water partition coefficient (Wildman–Crippen LogP) is 3.16. The quantitative estimate of drug-likeness (QED) is 0.932. The van der Waals surface area contributed by atoms with Gasteiger partial charge in [0.2, 0.25) is 0 Å². The number of benzene rings is 1. The molecule has 1 aliphatic heterocycles. The van der Waals surface area contributed by atoms with Crippen LogP contribution in [0.5, 0.6) is 0 Å². The van der Waals surface area contributed by atoms with Crippen molar-refractivity contribution in [3.8, 4) is 0 Å². The number of amides is 2. The molecule has 0 aliphatic carbocycles. The van der Waals surface area contributed by atoms with Crippen LogP contribution in [0.25, 0.3) is 0 Å². The molecule has 1 aromatic heterocycles. The Morgan fingerprint density at radius 2 is 2.08 bits per heavy atom. The molecule has 6 nitrogen and oxygen atoms in total. The average molecular weight is 339 g/mol. The molecule has 0 saturated heterocycles. The van der Waals surface area contributed by atoms with Gasteiger partial charge >= 0.3 is 6.09 Å². The number of aryl methyl sites for hydroxylation is 1. The van der Waals surface area contributed by atoms with Crippen molar-refractivity contribution in [1.82, 2.24) is 9.88 Å². The molecule has 0 atom stereocenters. The number of rotatable bonds is 3. The third-order valence-electron chi connectivity index (χ3n) is 4.30. The van der Waals surface area contributed by atoms with Crippen molar-refractivity contribution in [1.29, 1.82) is 0 Å². The van der Waals surface area contributed by atoms with Gasteiger partial charge in [0.25, 0.3) is 5.91 Å². The van der Waals surface area contributed by atoms with Crippen LogP contribution in [0.2, 0.25) is 0 Å². The van der Waals surface area contributed by atoms with Gasteiger partial charge in [0.15, 0.2) is 0 Å². The van der Waals surface area contributed by atoms with Crippen LogP contribution >= 0.6 is 0 Å². The Kier molecular flexibility index (Phi) is 4.97. The summed E-state index contributed by atoms with van der Waals surface area (Å²) in [5, 5.41) is 2.95. The van der Waals surface area contributed by atoms with E-state index in [1.807, 2.05) is 31.2 Å². The number of hydrogen-bond acceptors (Lipinski definition) is 4. The van der Waals surface area contributed by atoms with E-state index in [9.17, 15) is 9.59 Å². The van der Waals surface area contributed by atoms with Crippen LogP contribution < -0.4 is 5.32 Å². The minimum atomic E-state index is -0.331. The molecule has 3 rings (SSSR count). The Balaban J connectivity index is 1.81. The van der Waals surface area contributed by atoms with Gasteiger partial charge in [-0.05, 0) is 43.0 Å². The average Bonchev–Trinajstić information content (AvgIpc) is 2.62. The second-order valence-corrected chi connectivity index (χ2v) is 5.96. The number of para-hydroxylation sites is 1. The Morgan fingerprint density at radius 1 is 1.28 bits per heavy atom. The standard InChI is InChI=1S/C19H21N3O3/c1-3-25-19(24)22-9-8-15-14(12-22)10-20-11-16(15)18(23)21-17-7-5-4-6-13(17)2/h4-7,10-11H,3,8-9,12H2,1-2H3,(H,21,23). The first-order valence-corrected chi connectivity index (χ1v) is 8.34. The fourth-order valence-corrected chi connectivity index (χ4v) is 2.96. The number of aromatic nitrogens is 1. The van der Waals surface area contributed by atoms with Crippen LogP contribution in [0.1, 0.15) is 34.0 Å². The molecular formula is C19H21N3O3. The number of pyridine rings is 1. The molecule has 0 bridgehead atoms. The molecule has 1 N–H and O–H groups in total. The van der Waals surface area contributed by atoms with E-state index >= 15 is 0 Å². The van der Waals surface area contributed by atoms with Crippen molar-refractivity contribution in [2.24, 2.45) is 0 Å². The van der Waals surface area contributed by atoms with E-state index in [0.717, 1.165) is 22.4 Å². The Labute approximate surface area is 146 Å². The fraction of sp³-hybridized carbons (Fsp3) is 0.316. The Bertz CT molecular complexity index is 804. The monoisotopic (exact) mass is 339 g/mol. The lowest BCUT2D eigenvalue weighted by Gasteiger charge is -2.28. The van der Waals surface area contributed by atoms with Gasteiger partial charge in [0.1, 0.15) is 0 Å². The molecule has 2 heterocycles. The number of carbonyl (C=O) groups is 2. The molecule has 130 valence electrons. The molecule has 0 unspecified atom stereocenters. The number of ether oxygens (including phenoxy) is 1. The summed E-state index contributed by atoms with van der Waals surface area (Å²) in [6.07, 6.45) is 3.58. The summed E-state index contributed by atoms with van der Waals surface area (Å²) >= 11 is 0. The number of carbonyl (C=O) groups excluding carboxylic acids is 2. The summed E-state index contributed by atoms with van der Waals surface area (Å²) in [5.74, 6) is -0.178. The molecule has 2 aromatic rings. The summed E-state index contributed by atoms with van der Waals surface area (Å²) in [6.45, 7) is 5.02. The van der Waals surface area contributed by atoms with Crippen molar-refractivity contribution < 1.29 is 14.3 Å². The van der Waals surface area contributed by atoms with Gasteiger partial charge in [0, 0.05) is 24.6 Å². The zero-order chi connectivity index (χ0) is 17.8. The maximum Gasteiger partial charge on any atom is 0.410 e.